The number of hydrogen-bond donors (Lipinski definition) is 1. The maximum Gasteiger partial charge on any atom is 0.338 e. The molecule has 0 radical (unpaired) electrons. The molecule has 0 bridgehead atoms. The molecule has 0 atom stereocenters. The summed E-state index contributed by atoms with van der Waals surface area (Å²) in [5.41, 5.74) is 2.84. The summed E-state index contributed by atoms with van der Waals surface area (Å²) in [5.74, 6) is -0.996. The summed E-state index contributed by atoms with van der Waals surface area (Å²) in [6.07, 6.45) is 0. The van der Waals surface area contributed by atoms with E-state index in [1.165, 1.54) is 0 Å². The average Bonchev–Trinajstić information content (AvgIpc) is 2.55. The lowest BCUT2D eigenvalue weighted by Gasteiger charge is -2.12. The molecule has 0 saturated heterocycles. The zero-order chi connectivity index (χ0) is 17.7. The predicted molar refractivity (Wildman–Crippen MR) is 95.9 cm³/mol. The molecule has 1 amide bonds. The number of carbonyl (C=O) groups is 2. The molecule has 0 fully saturated rings. The number of rotatable bonds is 5. The van der Waals surface area contributed by atoms with Gasteiger partial charge in [-0.3, -0.25) is 4.79 Å². The molecule has 2 aromatic carbocycles. The van der Waals surface area contributed by atoms with Gasteiger partial charge >= 0.3 is 5.97 Å². The zero-order valence-electron chi connectivity index (χ0n) is 13.8. The number of benzene rings is 2. The summed E-state index contributed by atoms with van der Waals surface area (Å²) in [5, 5.41) is 3.05. The summed E-state index contributed by atoms with van der Waals surface area (Å²) < 4.78 is 5.02. The quantitative estimate of drug-likeness (QED) is 0.842. The van der Waals surface area contributed by atoms with Gasteiger partial charge in [0, 0.05) is 19.8 Å². The van der Waals surface area contributed by atoms with Crippen molar-refractivity contribution in [3.05, 3.63) is 58.6 Å². The van der Waals surface area contributed by atoms with Gasteiger partial charge < -0.3 is 15.0 Å². The second-order valence-corrected chi connectivity index (χ2v) is 5.96. The molecule has 1 N–H and O–H groups in total. The summed E-state index contributed by atoms with van der Waals surface area (Å²) in [6, 6.07) is 12.2. The van der Waals surface area contributed by atoms with Crippen LogP contribution in [0, 0.1) is 6.92 Å². The molecule has 6 heteroatoms. The van der Waals surface area contributed by atoms with Crippen molar-refractivity contribution in [1.82, 2.24) is 0 Å². The Morgan fingerprint density at radius 2 is 1.79 bits per heavy atom. The molecule has 24 heavy (non-hydrogen) atoms. The number of amides is 1. The second-order valence-electron chi connectivity index (χ2n) is 5.55. The number of nitrogens with one attached hydrogen (secondary N) is 1. The normalized spacial score (nSPS) is 10.2. The van der Waals surface area contributed by atoms with Gasteiger partial charge in [-0.15, -0.1) is 0 Å². The smallest absolute Gasteiger partial charge is 0.338 e. The Morgan fingerprint density at radius 3 is 2.38 bits per heavy atom. The van der Waals surface area contributed by atoms with Gasteiger partial charge in [0.15, 0.2) is 6.61 Å². The van der Waals surface area contributed by atoms with Gasteiger partial charge in [0.25, 0.3) is 5.91 Å². The summed E-state index contributed by atoms with van der Waals surface area (Å²) in [7, 11) is 3.82. The van der Waals surface area contributed by atoms with Crippen LogP contribution in [0.3, 0.4) is 0 Å². The molecule has 2 rings (SSSR count). The number of anilines is 2. The van der Waals surface area contributed by atoms with Gasteiger partial charge in [0.2, 0.25) is 0 Å². The lowest BCUT2D eigenvalue weighted by atomic mass is 10.2. The molecular formula is C18H19ClN2O3. The van der Waals surface area contributed by atoms with Crippen LogP contribution in [-0.2, 0) is 9.53 Å². The van der Waals surface area contributed by atoms with Crippen LogP contribution in [0.2, 0.25) is 5.02 Å². The fraction of sp³-hybridized carbons (Fsp3) is 0.222. The average molecular weight is 347 g/mol. The molecule has 2 aromatic rings. The molecule has 0 aliphatic rings. The second kappa shape index (κ2) is 7.84. The van der Waals surface area contributed by atoms with Gasteiger partial charge in [-0.1, -0.05) is 17.7 Å². The van der Waals surface area contributed by atoms with E-state index < -0.39 is 11.9 Å². The fourth-order valence-corrected chi connectivity index (χ4v) is 2.30. The third-order valence-corrected chi connectivity index (χ3v) is 3.67. The fourth-order valence-electron chi connectivity index (χ4n) is 2.02. The van der Waals surface area contributed by atoms with E-state index in [0.717, 1.165) is 11.3 Å². The lowest BCUT2D eigenvalue weighted by molar-refractivity contribution is -0.119. The van der Waals surface area contributed by atoms with Crippen molar-refractivity contribution >= 4 is 34.9 Å². The van der Waals surface area contributed by atoms with Crippen molar-refractivity contribution in [2.75, 3.05) is 30.9 Å². The van der Waals surface area contributed by atoms with Crippen LogP contribution < -0.4 is 10.2 Å². The van der Waals surface area contributed by atoms with Gasteiger partial charge in [-0.05, 0) is 48.9 Å². The minimum absolute atomic E-state index is 0.377. The number of nitrogens with zero attached hydrogens (tertiary/aromatic N) is 1. The Morgan fingerprint density at radius 1 is 1.12 bits per heavy atom. The van der Waals surface area contributed by atoms with Crippen molar-refractivity contribution in [3.63, 3.8) is 0 Å². The standard InChI is InChI=1S/C18H19ClN2O3/c1-12-4-9-16(15(19)10-12)20-17(22)11-24-18(23)13-5-7-14(8-6-13)21(2)3/h4-10H,11H2,1-3H3,(H,20,22). The van der Waals surface area contributed by atoms with E-state index in [1.54, 1.807) is 24.3 Å². The number of hydrogen-bond acceptors (Lipinski definition) is 4. The molecule has 5 nitrogen and oxygen atoms in total. The van der Waals surface area contributed by atoms with Gasteiger partial charge in [0.05, 0.1) is 16.3 Å². The molecule has 0 heterocycles. The highest BCUT2D eigenvalue weighted by molar-refractivity contribution is 6.33. The van der Waals surface area contributed by atoms with E-state index >= 15 is 0 Å². The SMILES string of the molecule is Cc1ccc(NC(=O)COC(=O)c2ccc(N(C)C)cc2)c(Cl)c1. The van der Waals surface area contributed by atoms with Crippen LogP contribution in [0.5, 0.6) is 0 Å². The third-order valence-electron chi connectivity index (χ3n) is 3.35. The Kier molecular flexibility index (Phi) is 5.82. The Balaban J connectivity index is 1.90. The van der Waals surface area contributed by atoms with Crippen LogP contribution >= 0.6 is 11.6 Å². The van der Waals surface area contributed by atoms with Crippen molar-refractivity contribution in [3.8, 4) is 0 Å². The van der Waals surface area contributed by atoms with E-state index in [-0.39, 0.29) is 6.61 Å². The minimum Gasteiger partial charge on any atom is -0.452 e. The van der Waals surface area contributed by atoms with E-state index in [2.05, 4.69) is 5.32 Å². The van der Waals surface area contributed by atoms with Gasteiger partial charge in [0.1, 0.15) is 0 Å². The van der Waals surface area contributed by atoms with E-state index in [4.69, 9.17) is 16.3 Å². The molecule has 0 saturated carbocycles. The van der Waals surface area contributed by atoms with E-state index in [1.807, 2.05) is 44.1 Å². The highest BCUT2D eigenvalue weighted by Crippen LogP contribution is 2.22. The molecule has 126 valence electrons. The van der Waals surface area contributed by atoms with Crippen molar-refractivity contribution in [1.29, 1.82) is 0 Å². The first-order chi connectivity index (χ1) is 11.4. The maximum atomic E-state index is 12.0. The molecule has 0 aliphatic carbocycles. The maximum absolute atomic E-state index is 12.0. The van der Waals surface area contributed by atoms with Crippen molar-refractivity contribution in [2.45, 2.75) is 6.92 Å². The Bertz CT molecular complexity index is 742. The van der Waals surface area contributed by atoms with E-state index in [0.29, 0.717) is 16.3 Å². The van der Waals surface area contributed by atoms with Crippen LogP contribution in [0.15, 0.2) is 42.5 Å². The van der Waals surface area contributed by atoms with Crippen LogP contribution in [-0.4, -0.2) is 32.6 Å². The largest absolute Gasteiger partial charge is 0.452 e. The van der Waals surface area contributed by atoms with E-state index in [9.17, 15) is 9.59 Å². The summed E-state index contributed by atoms with van der Waals surface area (Å²) in [6.45, 7) is 1.53. The number of aryl methyl sites for hydroxylation is 1. The van der Waals surface area contributed by atoms with Crippen molar-refractivity contribution < 1.29 is 14.3 Å². The molecule has 0 aromatic heterocycles. The Labute approximate surface area is 146 Å². The predicted octanol–water partition coefficient (Wildman–Crippen LogP) is 3.51. The first kappa shape index (κ1) is 17.8. The van der Waals surface area contributed by atoms with Crippen molar-refractivity contribution in [2.24, 2.45) is 0 Å². The van der Waals surface area contributed by atoms with Gasteiger partial charge in [-0.2, -0.15) is 0 Å². The lowest BCUT2D eigenvalue weighted by Crippen LogP contribution is -2.21. The number of ether oxygens (including phenoxy) is 1. The number of carbonyl (C=O) groups excluding carboxylic acids is 2. The summed E-state index contributed by atoms with van der Waals surface area (Å²) >= 11 is 6.05. The number of esters is 1. The first-order valence-corrected chi connectivity index (χ1v) is 7.75. The third kappa shape index (κ3) is 4.73. The molecular weight excluding hydrogens is 328 g/mol. The molecule has 0 spiro atoms. The number of halogens is 1. The highest BCUT2D eigenvalue weighted by atomic mass is 35.5. The van der Waals surface area contributed by atoms with Crippen LogP contribution in [0.25, 0.3) is 0 Å². The topological polar surface area (TPSA) is 58.6 Å². The molecule has 0 aliphatic heterocycles. The Hall–Kier alpha value is -2.53. The minimum atomic E-state index is -0.551. The molecule has 0 unspecified atom stereocenters. The first-order valence-electron chi connectivity index (χ1n) is 7.37. The van der Waals surface area contributed by atoms with Crippen LogP contribution in [0.4, 0.5) is 11.4 Å². The zero-order valence-corrected chi connectivity index (χ0v) is 14.6. The van der Waals surface area contributed by atoms with Crippen LogP contribution in [0.1, 0.15) is 15.9 Å². The monoisotopic (exact) mass is 346 g/mol. The summed E-state index contributed by atoms with van der Waals surface area (Å²) in [4.78, 5) is 25.8. The van der Waals surface area contributed by atoms with Gasteiger partial charge in [-0.25, -0.2) is 4.79 Å². The highest BCUT2D eigenvalue weighted by Gasteiger charge is 2.11.